The Labute approximate surface area is 82.8 Å². The van der Waals surface area contributed by atoms with E-state index in [9.17, 15) is 9.36 Å². The molecule has 14 heavy (non-hydrogen) atoms. The van der Waals surface area contributed by atoms with E-state index in [0.717, 1.165) is 0 Å². The topological polar surface area (TPSA) is 82.1 Å². The van der Waals surface area contributed by atoms with Gasteiger partial charge in [-0.1, -0.05) is 6.92 Å². The van der Waals surface area contributed by atoms with Crippen LogP contribution in [0.2, 0.25) is 0 Å². The Morgan fingerprint density at radius 1 is 1.29 bits per heavy atom. The van der Waals surface area contributed by atoms with Crippen LogP contribution in [0.25, 0.3) is 0 Å². The van der Waals surface area contributed by atoms with Crippen LogP contribution in [0.5, 0.6) is 0 Å². The average Bonchev–Trinajstić information content (AvgIpc) is 2.13. The van der Waals surface area contributed by atoms with Gasteiger partial charge in [0.1, 0.15) is 0 Å². The molecule has 0 aliphatic carbocycles. The van der Waals surface area contributed by atoms with Gasteiger partial charge in [-0.25, -0.2) is 9.36 Å². The summed E-state index contributed by atoms with van der Waals surface area (Å²) in [5.41, 5.74) is 0. The number of carboxylic acid groups (broad SMARTS) is 1. The molecule has 0 amide bonds. The third-order valence-corrected chi connectivity index (χ3v) is 2.61. The molecule has 0 saturated heterocycles. The van der Waals surface area contributed by atoms with Crippen LogP contribution >= 0.6 is 7.82 Å². The van der Waals surface area contributed by atoms with Gasteiger partial charge in [-0.3, -0.25) is 13.6 Å². The summed E-state index contributed by atoms with van der Waals surface area (Å²) >= 11 is 0. The average molecular weight is 226 g/mol. The summed E-state index contributed by atoms with van der Waals surface area (Å²) in [4.78, 5) is 10.2. The minimum absolute atomic E-state index is 0.139. The molecule has 0 heterocycles. The van der Waals surface area contributed by atoms with Gasteiger partial charge in [-0.05, 0) is 13.3 Å². The largest absolute Gasteiger partial charge is 0.480 e. The molecule has 0 spiro atoms. The van der Waals surface area contributed by atoms with Crippen LogP contribution in [0.4, 0.5) is 0 Å². The summed E-state index contributed by atoms with van der Waals surface area (Å²) in [6.07, 6.45) is 0.646. The van der Waals surface area contributed by atoms with E-state index >= 15 is 0 Å². The van der Waals surface area contributed by atoms with Crippen LogP contribution in [-0.4, -0.2) is 30.9 Å². The molecule has 0 aromatic heterocycles. The minimum Gasteiger partial charge on any atom is -0.480 e. The Morgan fingerprint density at radius 2 is 1.93 bits per heavy atom. The summed E-state index contributed by atoms with van der Waals surface area (Å²) < 4.78 is 25.6. The van der Waals surface area contributed by atoms with Crippen LogP contribution in [-0.2, 0) is 22.9 Å². The molecule has 84 valence electrons. The smallest absolute Gasteiger partial charge is 0.475 e. The number of rotatable bonds is 8. The Hall–Kier alpha value is -0.420. The van der Waals surface area contributed by atoms with Gasteiger partial charge in [-0.15, -0.1) is 0 Å². The van der Waals surface area contributed by atoms with Crippen molar-refractivity contribution in [3.8, 4) is 0 Å². The molecule has 0 aromatic carbocycles. The molecule has 0 rings (SSSR count). The molecule has 0 aliphatic heterocycles. The Kier molecular flexibility index (Phi) is 6.74. The molecule has 0 bridgehead atoms. The lowest BCUT2D eigenvalue weighted by Crippen LogP contribution is -2.08. The molecule has 0 radical (unpaired) electrons. The van der Waals surface area contributed by atoms with Crippen LogP contribution in [0, 0.1) is 0 Å². The highest BCUT2D eigenvalue weighted by Gasteiger charge is 2.26. The van der Waals surface area contributed by atoms with Crippen LogP contribution in [0.1, 0.15) is 20.3 Å². The second-order valence-corrected chi connectivity index (χ2v) is 4.03. The van der Waals surface area contributed by atoms with Gasteiger partial charge in [0.05, 0.1) is 13.2 Å². The van der Waals surface area contributed by atoms with E-state index in [4.69, 9.17) is 14.2 Å². The third kappa shape index (κ3) is 6.10. The molecule has 1 unspecified atom stereocenters. The van der Waals surface area contributed by atoms with Gasteiger partial charge in [-0.2, -0.15) is 0 Å². The lowest BCUT2D eigenvalue weighted by molar-refractivity contribution is -0.140. The quantitative estimate of drug-likeness (QED) is 0.634. The lowest BCUT2D eigenvalue weighted by Gasteiger charge is -2.15. The van der Waals surface area contributed by atoms with E-state index in [-0.39, 0.29) is 13.2 Å². The summed E-state index contributed by atoms with van der Waals surface area (Å²) in [5, 5.41) is 8.31. The van der Waals surface area contributed by atoms with E-state index < -0.39 is 20.4 Å². The Bertz CT molecular complexity index is 216. The van der Waals surface area contributed by atoms with Crippen molar-refractivity contribution in [3.05, 3.63) is 0 Å². The van der Waals surface area contributed by atoms with E-state index in [1.807, 2.05) is 6.92 Å². The van der Waals surface area contributed by atoms with Gasteiger partial charge in [0.15, 0.2) is 6.61 Å². The number of carboxylic acids is 1. The van der Waals surface area contributed by atoms with Crippen molar-refractivity contribution in [2.75, 3.05) is 19.8 Å². The first-order valence-electron chi connectivity index (χ1n) is 4.29. The zero-order valence-electron chi connectivity index (χ0n) is 8.26. The van der Waals surface area contributed by atoms with Gasteiger partial charge < -0.3 is 5.11 Å². The summed E-state index contributed by atoms with van der Waals surface area (Å²) in [5.74, 6) is -1.22. The fourth-order valence-electron chi connectivity index (χ4n) is 0.607. The van der Waals surface area contributed by atoms with E-state index in [0.29, 0.717) is 6.42 Å². The molecule has 0 saturated carbocycles. The first-order chi connectivity index (χ1) is 6.54. The summed E-state index contributed by atoms with van der Waals surface area (Å²) in [6.45, 7) is 3.10. The molecule has 0 fully saturated rings. The fraction of sp³-hybridized carbons (Fsp3) is 0.857. The fourth-order valence-corrected chi connectivity index (χ4v) is 1.82. The zero-order chi connectivity index (χ0) is 11.0. The summed E-state index contributed by atoms with van der Waals surface area (Å²) in [7, 11) is -3.67. The molecule has 6 nitrogen and oxygen atoms in total. The van der Waals surface area contributed by atoms with Gasteiger partial charge in [0.2, 0.25) is 0 Å². The SMILES string of the molecule is CCCOP(=O)(OCC)OCC(=O)O. The van der Waals surface area contributed by atoms with Crippen LogP contribution < -0.4 is 0 Å². The standard InChI is InChI=1S/C7H15O6P/c1-3-5-12-14(10,11-4-2)13-6-7(8)9/h3-6H2,1-2H3,(H,8,9). The maximum absolute atomic E-state index is 11.5. The first kappa shape index (κ1) is 13.6. The first-order valence-corrected chi connectivity index (χ1v) is 5.75. The highest BCUT2D eigenvalue weighted by Crippen LogP contribution is 2.49. The van der Waals surface area contributed by atoms with Crippen molar-refractivity contribution in [2.45, 2.75) is 20.3 Å². The third-order valence-electron chi connectivity index (χ3n) is 1.09. The van der Waals surface area contributed by atoms with Crippen molar-refractivity contribution in [1.82, 2.24) is 0 Å². The highest BCUT2D eigenvalue weighted by molar-refractivity contribution is 7.48. The van der Waals surface area contributed by atoms with Crippen LogP contribution in [0.15, 0.2) is 0 Å². The number of aliphatic carboxylic acids is 1. The molecule has 1 N–H and O–H groups in total. The number of phosphoric ester groups is 1. The van der Waals surface area contributed by atoms with E-state index in [2.05, 4.69) is 4.52 Å². The summed E-state index contributed by atoms with van der Waals surface area (Å²) in [6, 6.07) is 0. The van der Waals surface area contributed by atoms with Crippen LogP contribution in [0.3, 0.4) is 0 Å². The molecule has 7 heteroatoms. The van der Waals surface area contributed by atoms with Gasteiger partial charge in [0.25, 0.3) is 0 Å². The molecule has 0 aliphatic rings. The van der Waals surface area contributed by atoms with Crippen molar-refractivity contribution in [2.24, 2.45) is 0 Å². The molecule has 1 atom stereocenters. The second-order valence-electron chi connectivity index (χ2n) is 2.37. The predicted octanol–water partition coefficient (Wildman–Crippen LogP) is 1.66. The van der Waals surface area contributed by atoms with E-state index in [1.54, 1.807) is 6.92 Å². The van der Waals surface area contributed by atoms with Crippen molar-refractivity contribution in [3.63, 3.8) is 0 Å². The number of hydrogen-bond acceptors (Lipinski definition) is 5. The maximum atomic E-state index is 11.5. The Morgan fingerprint density at radius 3 is 2.36 bits per heavy atom. The number of hydrogen-bond donors (Lipinski definition) is 1. The predicted molar refractivity (Wildman–Crippen MR) is 49.1 cm³/mol. The van der Waals surface area contributed by atoms with Crippen molar-refractivity contribution >= 4 is 13.8 Å². The molecular formula is C7H15O6P. The second kappa shape index (κ2) is 6.95. The van der Waals surface area contributed by atoms with E-state index in [1.165, 1.54) is 0 Å². The monoisotopic (exact) mass is 226 g/mol. The van der Waals surface area contributed by atoms with Crippen molar-refractivity contribution in [1.29, 1.82) is 0 Å². The number of phosphoric acid groups is 1. The Balaban J connectivity index is 4.09. The maximum Gasteiger partial charge on any atom is 0.475 e. The van der Waals surface area contributed by atoms with Gasteiger partial charge >= 0.3 is 13.8 Å². The number of carbonyl (C=O) groups is 1. The normalized spacial score (nSPS) is 15.0. The molecular weight excluding hydrogens is 211 g/mol. The zero-order valence-corrected chi connectivity index (χ0v) is 9.16. The van der Waals surface area contributed by atoms with Crippen molar-refractivity contribution < 1.29 is 28.0 Å². The van der Waals surface area contributed by atoms with Gasteiger partial charge in [0, 0.05) is 0 Å². The molecule has 0 aromatic rings. The highest BCUT2D eigenvalue weighted by atomic mass is 31.2. The minimum atomic E-state index is -3.67. The lowest BCUT2D eigenvalue weighted by atomic mass is 10.5.